The summed E-state index contributed by atoms with van der Waals surface area (Å²) < 4.78 is 12.4. The van der Waals surface area contributed by atoms with Crippen molar-refractivity contribution in [2.75, 3.05) is 26.4 Å². The summed E-state index contributed by atoms with van der Waals surface area (Å²) in [7, 11) is 0. The van der Waals surface area contributed by atoms with Crippen LogP contribution in [0.1, 0.15) is 36.0 Å². The fourth-order valence-electron chi connectivity index (χ4n) is 3.62. The normalized spacial score (nSPS) is 11.5. The predicted molar refractivity (Wildman–Crippen MR) is 117 cm³/mol. The molecule has 0 bridgehead atoms. The predicted octanol–water partition coefficient (Wildman–Crippen LogP) is 5.17. The van der Waals surface area contributed by atoms with Crippen LogP contribution in [-0.2, 0) is 15.1 Å². The quantitative estimate of drug-likeness (QED) is 0.342. The van der Waals surface area contributed by atoms with Gasteiger partial charge in [0.1, 0.15) is 5.60 Å². The molecule has 0 atom stereocenters. The summed E-state index contributed by atoms with van der Waals surface area (Å²) in [4.78, 5) is 0. The standard InChI is InChI=1S/C26H30O3/c27-19-11-4-12-20-28-21-22-29-26(23-13-5-1-6-14-23,24-15-7-2-8-16-24)25-17-9-3-10-18-25/h1-3,5-10,13-18,27H,4,11-12,19-22H2. The van der Waals surface area contributed by atoms with Crippen LogP contribution >= 0.6 is 0 Å². The van der Waals surface area contributed by atoms with Crippen LogP contribution in [0.25, 0.3) is 0 Å². The molecule has 0 saturated carbocycles. The Hall–Kier alpha value is -2.46. The molecule has 152 valence electrons. The molecule has 3 aromatic carbocycles. The van der Waals surface area contributed by atoms with E-state index in [-0.39, 0.29) is 6.61 Å². The Morgan fingerprint density at radius 1 is 0.552 bits per heavy atom. The second kappa shape index (κ2) is 11.5. The summed E-state index contributed by atoms with van der Waals surface area (Å²) in [5.41, 5.74) is 2.60. The molecule has 0 aliphatic rings. The highest BCUT2D eigenvalue weighted by Gasteiger charge is 2.37. The lowest BCUT2D eigenvalue weighted by Crippen LogP contribution is -2.34. The number of hydrogen-bond donors (Lipinski definition) is 1. The van der Waals surface area contributed by atoms with E-state index in [1.165, 1.54) is 0 Å². The second-order valence-electron chi connectivity index (χ2n) is 7.02. The molecule has 0 aromatic heterocycles. The molecule has 0 spiro atoms. The Balaban J connectivity index is 1.83. The van der Waals surface area contributed by atoms with Crippen molar-refractivity contribution in [3.05, 3.63) is 108 Å². The van der Waals surface area contributed by atoms with E-state index in [0.29, 0.717) is 19.8 Å². The van der Waals surface area contributed by atoms with Crippen LogP contribution in [-0.4, -0.2) is 31.5 Å². The van der Waals surface area contributed by atoms with Gasteiger partial charge in [0.15, 0.2) is 0 Å². The molecule has 3 nitrogen and oxygen atoms in total. The zero-order chi connectivity index (χ0) is 20.2. The van der Waals surface area contributed by atoms with Crippen molar-refractivity contribution in [1.29, 1.82) is 0 Å². The molecule has 1 N–H and O–H groups in total. The zero-order valence-corrected chi connectivity index (χ0v) is 16.9. The van der Waals surface area contributed by atoms with E-state index >= 15 is 0 Å². The van der Waals surface area contributed by atoms with Crippen molar-refractivity contribution in [2.45, 2.75) is 24.9 Å². The van der Waals surface area contributed by atoms with Crippen LogP contribution in [0.5, 0.6) is 0 Å². The first-order chi connectivity index (χ1) is 14.4. The first kappa shape index (κ1) is 21.3. The third-order valence-corrected chi connectivity index (χ3v) is 5.03. The van der Waals surface area contributed by atoms with Gasteiger partial charge in [-0.05, 0) is 36.0 Å². The summed E-state index contributed by atoms with van der Waals surface area (Å²) in [5.74, 6) is 0. The zero-order valence-electron chi connectivity index (χ0n) is 16.9. The maximum atomic E-state index is 8.86. The number of unbranched alkanes of at least 4 members (excludes halogenated alkanes) is 2. The van der Waals surface area contributed by atoms with Gasteiger partial charge >= 0.3 is 0 Å². The lowest BCUT2D eigenvalue weighted by atomic mass is 9.80. The smallest absolute Gasteiger partial charge is 0.143 e. The van der Waals surface area contributed by atoms with E-state index in [1.807, 2.05) is 18.2 Å². The molecule has 3 rings (SSSR count). The third-order valence-electron chi connectivity index (χ3n) is 5.03. The SMILES string of the molecule is OCCCCCOCCOC(c1ccccc1)(c1ccccc1)c1ccccc1. The first-order valence-electron chi connectivity index (χ1n) is 10.4. The lowest BCUT2D eigenvalue weighted by Gasteiger charge is -2.36. The van der Waals surface area contributed by atoms with Gasteiger partial charge in [0, 0.05) is 13.2 Å². The maximum Gasteiger partial charge on any atom is 0.143 e. The van der Waals surface area contributed by atoms with Crippen molar-refractivity contribution >= 4 is 0 Å². The number of hydrogen-bond acceptors (Lipinski definition) is 3. The van der Waals surface area contributed by atoms with Gasteiger partial charge in [-0.3, -0.25) is 0 Å². The van der Waals surface area contributed by atoms with Crippen LogP contribution in [0, 0.1) is 0 Å². The number of aliphatic hydroxyl groups is 1. The van der Waals surface area contributed by atoms with Gasteiger partial charge in [0.2, 0.25) is 0 Å². The van der Waals surface area contributed by atoms with Crippen LogP contribution in [0.2, 0.25) is 0 Å². The molecule has 0 heterocycles. The molecule has 3 heteroatoms. The highest BCUT2D eigenvalue weighted by Crippen LogP contribution is 2.40. The molecule has 0 unspecified atom stereocenters. The largest absolute Gasteiger partial charge is 0.396 e. The van der Waals surface area contributed by atoms with Crippen LogP contribution < -0.4 is 0 Å². The van der Waals surface area contributed by atoms with Gasteiger partial charge in [0.25, 0.3) is 0 Å². The van der Waals surface area contributed by atoms with Crippen molar-refractivity contribution in [3.63, 3.8) is 0 Å². The highest BCUT2D eigenvalue weighted by atomic mass is 16.5. The molecule has 29 heavy (non-hydrogen) atoms. The molecule has 0 aliphatic carbocycles. The molecular weight excluding hydrogens is 360 g/mol. The number of ether oxygens (including phenoxy) is 2. The third kappa shape index (κ3) is 5.54. The number of benzene rings is 3. The minimum atomic E-state index is -0.690. The molecule has 0 saturated heterocycles. The summed E-state index contributed by atoms with van der Waals surface area (Å²) in [6, 6.07) is 31.1. The fraction of sp³-hybridized carbons (Fsp3) is 0.308. The molecule has 0 aliphatic heterocycles. The Morgan fingerprint density at radius 2 is 1.03 bits per heavy atom. The van der Waals surface area contributed by atoms with Gasteiger partial charge < -0.3 is 14.6 Å². The second-order valence-corrected chi connectivity index (χ2v) is 7.02. The minimum Gasteiger partial charge on any atom is -0.396 e. The Kier molecular flexibility index (Phi) is 8.44. The Labute approximate surface area is 173 Å². The van der Waals surface area contributed by atoms with Crippen molar-refractivity contribution in [3.8, 4) is 0 Å². The monoisotopic (exact) mass is 390 g/mol. The first-order valence-corrected chi connectivity index (χ1v) is 10.4. The average Bonchev–Trinajstić information content (AvgIpc) is 2.80. The van der Waals surface area contributed by atoms with E-state index in [9.17, 15) is 0 Å². The fourth-order valence-corrected chi connectivity index (χ4v) is 3.62. The van der Waals surface area contributed by atoms with Crippen molar-refractivity contribution in [2.24, 2.45) is 0 Å². The maximum absolute atomic E-state index is 8.86. The van der Waals surface area contributed by atoms with E-state index in [1.54, 1.807) is 0 Å². The van der Waals surface area contributed by atoms with Gasteiger partial charge in [0.05, 0.1) is 13.2 Å². The summed E-state index contributed by atoms with van der Waals surface area (Å²) in [6.45, 7) is 1.96. The number of aliphatic hydroxyl groups excluding tert-OH is 1. The lowest BCUT2D eigenvalue weighted by molar-refractivity contribution is -0.0242. The highest BCUT2D eigenvalue weighted by molar-refractivity contribution is 5.47. The number of rotatable bonds is 12. The average molecular weight is 391 g/mol. The van der Waals surface area contributed by atoms with Crippen LogP contribution in [0.15, 0.2) is 91.0 Å². The molecule has 0 radical (unpaired) electrons. The van der Waals surface area contributed by atoms with Gasteiger partial charge in [-0.1, -0.05) is 91.0 Å². The summed E-state index contributed by atoms with van der Waals surface area (Å²) in [6.07, 6.45) is 2.78. The van der Waals surface area contributed by atoms with E-state index < -0.39 is 5.60 Å². The summed E-state index contributed by atoms with van der Waals surface area (Å²) in [5, 5.41) is 8.86. The Bertz CT molecular complexity index is 706. The van der Waals surface area contributed by atoms with Crippen molar-refractivity contribution in [1.82, 2.24) is 0 Å². The minimum absolute atomic E-state index is 0.247. The van der Waals surface area contributed by atoms with Crippen LogP contribution in [0.4, 0.5) is 0 Å². The van der Waals surface area contributed by atoms with Crippen LogP contribution in [0.3, 0.4) is 0 Å². The van der Waals surface area contributed by atoms with E-state index in [4.69, 9.17) is 14.6 Å². The van der Waals surface area contributed by atoms with Gasteiger partial charge in [-0.2, -0.15) is 0 Å². The van der Waals surface area contributed by atoms with Gasteiger partial charge in [-0.15, -0.1) is 0 Å². The summed E-state index contributed by atoms with van der Waals surface area (Å²) >= 11 is 0. The molecule has 0 fully saturated rings. The van der Waals surface area contributed by atoms with Crippen molar-refractivity contribution < 1.29 is 14.6 Å². The molecule has 3 aromatic rings. The van der Waals surface area contributed by atoms with Gasteiger partial charge in [-0.25, -0.2) is 0 Å². The Morgan fingerprint density at radius 3 is 1.48 bits per heavy atom. The molecule has 0 amide bonds. The van der Waals surface area contributed by atoms with E-state index in [2.05, 4.69) is 72.8 Å². The molecular formula is C26H30O3. The van der Waals surface area contributed by atoms with E-state index in [0.717, 1.165) is 36.0 Å². The topological polar surface area (TPSA) is 38.7 Å².